The smallest absolute Gasteiger partial charge is 0.0930 e. The molecule has 0 aromatic heterocycles. The molecule has 4 nitrogen and oxygen atoms in total. The molecule has 0 aromatic rings. The highest BCUT2D eigenvalue weighted by Crippen LogP contribution is 2.11. The van der Waals surface area contributed by atoms with Crippen LogP contribution in [0.3, 0.4) is 0 Å². The van der Waals surface area contributed by atoms with Gasteiger partial charge in [-0.1, -0.05) is 0 Å². The van der Waals surface area contributed by atoms with Crippen LogP contribution in [0.4, 0.5) is 0 Å². The van der Waals surface area contributed by atoms with Gasteiger partial charge in [0.2, 0.25) is 0 Å². The molecule has 0 saturated carbocycles. The summed E-state index contributed by atoms with van der Waals surface area (Å²) >= 11 is 0. The fraction of sp³-hybridized carbons (Fsp3) is 0.800. The van der Waals surface area contributed by atoms with Gasteiger partial charge in [0.25, 0.3) is 0 Å². The number of hydrogen-bond donors (Lipinski definition) is 3. The standard InChI is InChI=1S/C5H12N4/c1-5(2,9-8)3-4(6)7/h8H,3H2,1-2H3,(H3,6,7). The van der Waals surface area contributed by atoms with Crippen LogP contribution < -0.4 is 5.73 Å². The molecule has 0 aromatic carbocycles. The van der Waals surface area contributed by atoms with E-state index < -0.39 is 5.54 Å². The monoisotopic (exact) mass is 128 g/mol. The predicted molar refractivity (Wildman–Crippen MR) is 35.8 cm³/mol. The molecule has 0 radical (unpaired) electrons. The van der Waals surface area contributed by atoms with Crippen LogP contribution in [-0.4, -0.2) is 11.4 Å². The number of nitrogens with zero attached hydrogens (tertiary/aromatic N) is 1. The number of nitrogens with one attached hydrogen (secondary N) is 2. The Kier molecular flexibility index (Phi) is 2.30. The molecule has 0 amide bonds. The average molecular weight is 128 g/mol. The molecule has 0 fully saturated rings. The number of nitrogens with two attached hydrogens (primary N) is 1. The fourth-order valence-electron chi connectivity index (χ4n) is 0.506. The first-order valence-corrected chi connectivity index (χ1v) is 2.69. The summed E-state index contributed by atoms with van der Waals surface area (Å²) < 4.78 is 0. The lowest BCUT2D eigenvalue weighted by Crippen LogP contribution is -2.25. The Bertz CT molecular complexity index is 127. The molecule has 0 unspecified atom stereocenters. The molecule has 0 atom stereocenters. The molecular formula is C5H12N4. The van der Waals surface area contributed by atoms with Crippen molar-refractivity contribution >= 4 is 5.84 Å². The highest BCUT2D eigenvalue weighted by atomic mass is 15.0. The van der Waals surface area contributed by atoms with Crippen molar-refractivity contribution in [1.82, 2.24) is 0 Å². The fourth-order valence-corrected chi connectivity index (χ4v) is 0.506. The van der Waals surface area contributed by atoms with Crippen molar-refractivity contribution in [2.75, 3.05) is 0 Å². The Morgan fingerprint density at radius 1 is 1.67 bits per heavy atom. The average Bonchev–Trinajstić information content (AvgIpc) is 1.63. The summed E-state index contributed by atoms with van der Waals surface area (Å²) in [7, 11) is 0. The van der Waals surface area contributed by atoms with Gasteiger partial charge in [-0.2, -0.15) is 5.11 Å². The van der Waals surface area contributed by atoms with E-state index in [-0.39, 0.29) is 5.84 Å². The molecule has 0 aliphatic heterocycles. The largest absolute Gasteiger partial charge is 0.388 e. The van der Waals surface area contributed by atoms with Crippen molar-refractivity contribution in [2.24, 2.45) is 10.8 Å². The van der Waals surface area contributed by atoms with E-state index in [1.165, 1.54) is 0 Å². The van der Waals surface area contributed by atoms with E-state index in [1.54, 1.807) is 13.8 Å². The van der Waals surface area contributed by atoms with E-state index >= 15 is 0 Å². The summed E-state index contributed by atoms with van der Waals surface area (Å²) in [6, 6.07) is 0. The third kappa shape index (κ3) is 3.64. The number of rotatable bonds is 3. The zero-order valence-corrected chi connectivity index (χ0v) is 5.73. The Labute approximate surface area is 54.5 Å². The van der Waals surface area contributed by atoms with Crippen LogP contribution in [0.25, 0.3) is 0 Å². The molecular weight excluding hydrogens is 116 g/mol. The van der Waals surface area contributed by atoms with E-state index in [0.29, 0.717) is 6.42 Å². The first kappa shape index (κ1) is 8.07. The second kappa shape index (κ2) is 2.57. The molecule has 9 heavy (non-hydrogen) atoms. The van der Waals surface area contributed by atoms with Crippen LogP contribution in [0, 0.1) is 10.9 Å². The van der Waals surface area contributed by atoms with Gasteiger partial charge >= 0.3 is 0 Å². The lowest BCUT2D eigenvalue weighted by atomic mass is 10.0. The maximum absolute atomic E-state index is 6.89. The summed E-state index contributed by atoms with van der Waals surface area (Å²) in [4.78, 5) is 0. The summed E-state index contributed by atoms with van der Waals surface area (Å²) in [6.07, 6.45) is 0.358. The van der Waals surface area contributed by atoms with Gasteiger partial charge in [0.15, 0.2) is 0 Å². The lowest BCUT2D eigenvalue weighted by molar-refractivity contribution is 0.501. The van der Waals surface area contributed by atoms with Crippen LogP contribution in [0.5, 0.6) is 0 Å². The van der Waals surface area contributed by atoms with E-state index in [4.69, 9.17) is 16.7 Å². The Morgan fingerprint density at radius 2 is 2.11 bits per heavy atom. The third-order valence-electron chi connectivity index (χ3n) is 0.926. The van der Waals surface area contributed by atoms with Gasteiger partial charge in [-0.05, 0) is 13.8 Å². The topological polar surface area (TPSA) is 86.1 Å². The lowest BCUT2D eigenvalue weighted by Gasteiger charge is -2.14. The van der Waals surface area contributed by atoms with Gasteiger partial charge in [0, 0.05) is 6.42 Å². The highest BCUT2D eigenvalue weighted by Gasteiger charge is 2.16. The van der Waals surface area contributed by atoms with Crippen molar-refractivity contribution in [2.45, 2.75) is 25.8 Å². The zero-order chi connectivity index (χ0) is 7.49. The van der Waals surface area contributed by atoms with Crippen LogP contribution in [-0.2, 0) is 0 Å². The van der Waals surface area contributed by atoms with Gasteiger partial charge in [0.1, 0.15) is 0 Å². The Balaban J connectivity index is 3.86. The minimum atomic E-state index is -0.494. The van der Waals surface area contributed by atoms with Gasteiger partial charge in [-0.3, -0.25) is 5.41 Å². The zero-order valence-electron chi connectivity index (χ0n) is 5.73. The maximum atomic E-state index is 6.89. The molecule has 4 N–H and O–H groups in total. The van der Waals surface area contributed by atoms with E-state index in [2.05, 4.69) is 5.11 Å². The number of amidine groups is 1. The first-order valence-electron chi connectivity index (χ1n) is 2.69. The summed E-state index contributed by atoms with van der Waals surface area (Å²) in [6.45, 7) is 3.53. The normalized spacial score (nSPS) is 10.9. The molecule has 0 bridgehead atoms. The molecule has 0 spiro atoms. The molecule has 52 valence electrons. The van der Waals surface area contributed by atoms with Crippen molar-refractivity contribution < 1.29 is 0 Å². The Hall–Kier alpha value is -0.930. The third-order valence-corrected chi connectivity index (χ3v) is 0.926. The first-order chi connectivity index (χ1) is 3.98. The summed E-state index contributed by atoms with van der Waals surface area (Å²) in [5.41, 5.74) is 11.3. The predicted octanol–water partition coefficient (Wildman–Crippen LogP) is 1.12. The van der Waals surface area contributed by atoms with Crippen LogP contribution in [0.1, 0.15) is 20.3 Å². The molecule has 0 heterocycles. The molecule has 4 heteroatoms. The molecule has 0 aliphatic rings. The molecule has 0 rings (SSSR count). The quantitative estimate of drug-likeness (QED) is 0.297. The minimum Gasteiger partial charge on any atom is -0.388 e. The molecule has 0 saturated heterocycles. The van der Waals surface area contributed by atoms with Crippen molar-refractivity contribution in [3.63, 3.8) is 0 Å². The van der Waals surface area contributed by atoms with Crippen molar-refractivity contribution in [3.8, 4) is 0 Å². The minimum absolute atomic E-state index is 0.0796. The SMILES string of the molecule is CC(C)(CC(=N)N)N=N. The van der Waals surface area contributed by atoms with Crippen LogP contribution in [0.15, 0.2) is 5.11 Å². The van der Waals surface area contributed by atoms with Crippen molar-refractivity contribution in [3.05, 3.63) is 0 Å². The van der Waals surface area contributed by atoms with Crippen molar-refractivity contribution in [1.29, 1.82) is 10.9 Å². The second-order valence-corrected chi connectivity index (χ2v) is 2.63. The van der Waals surface area contributed by atoms with Gasteiger partial charge in [0.05, 0.1) is 11.4 Å². The molecule has 0 aliphatic carbocycles. The van der Waals surface area contributed by atoms with Crippen LogP contribution in [0.2, 0.25) is 0 Å². The summed E-state index contributed by atoms with van der Waals surface area (Å²) in [5, 5.41) is 10.2. The number of hydrogen-bond acceptors (Lipinski definition) is 3. The van der Waals surface area contributed by atoms with Gasteiger partial charge in [-0.15, -0.1) is 0 Å². The highest BCUT2D eigenvalue weighted by molar-refractivity contribution is 5.77. The van der Waals surface area contributed by atoms with Gasteiger partial charge < -0.3 is 5.73 Å². The van der Waals surface area contributed by atoms with E-state index in [0.717, 1.165) is 0 Å². The Morgan fingerprint density at radius 3 is 2.22 bits per heavy atom. The summed E-state index contributed by atoms with van der Waals surface area (Å²) in [5.74, 6) is 0.0796. The second-order valence-electron chi connectivity index (χ2n) is 2.63. The van der Waals surface area contributed by atoms with Crippen LogP contribution >= 0.6 is 0 Å². The van der Waals surface area contributed by atoms with E-state index in [1.807, 2.05) is 0 Å². The van der Waals surface area contributed by atoms with Gasteiger partial charge in [-0.25, -0.2) is 5.53 Å². The van der Waals surface area contributed by atoms with E-state index in [9.17, 15) is 0 Å². The maximum Gasteiger partial charge on any atom is 0.0930 e.